The number of phenolic OH excluding ortho intramolecular Hbond substituents is 3. The predicted molar refractivity (Wildman–Crippen MR) is 116 cm³/mol. The monoisotopic (exact) mass is 482 g/mol. The van der Waals surface area contributed by atoms with E-state index in [9.17, 15) is 35.1 Å². The standard InChI is InChI=1S/C25H22O10/c1-33-16-4-9(2-3-14(16)27)18-11-7-12(20-13(18)8-34-25(20,32)24(11)31)23-22(30)21(29)19-15(28)5-10(26)6-17(19)35-23/h2-7,11,13,18,20,22-23,26-28,30,32H,8H2,1H3/t11-,13+,18-,20-,22-,23+,25+/m0/s1. The van der Waals surface area contributed by atoms with Crippen LogP contribution in [0.1, 0.15) is 21.8 Å². The number of rotatable bonds is 3. The van der Waals surface area contributed by atoms with Gasteiger partial charge in [0.05, 0.1) is 19.6 Å². The Labute approximate surface area is 198 Å². The molecule has 1 saturated carbocycles. The lowest BCUT2D eigenvalue weighted by atomic mass is 9.55. The van der Waals surface area contributed by atoms with E-state index in [0.29, 0.717) is 11.1 Å². The van der Waals surface area contributed by atoms with Gasteiger partial charge in [-0.05, 0) is 23.3 Å². The summed E-state index contributed by atoms with van der Waals surface area (Å²) in [5.74, 6) is -6.84. The number of aliphatic hydroxyl groups excluding tert-OH is 1. The zero-order chi connectivity index (χ0) is 24.8. The maximum atomic E-state index is 13.3. The minimum Gasteiger partial charge on any atom is -0.508 e. The molecule has 3 aliphatic carbocycles. The highest BCUT2D eigenvalue weighted by Crippen LogP contribution is 2.61. The third-order valence-electron chi connectivity index (χ3n) is 7.62. The number of phenols is 3. The van der Waals surface area contributed by atoms with E-state index in [0.717, 1.165) is 12.1 Å². The second-order valence-electron chi connectivity index (χ2n) is 9.35. The molecular weight excluding hydrogens is 460 g/mol. The Hall–Kier alpha value is -3.60. The second kappa shape index (κ2) is 7.20. The number of benzene rings is 2. The van der Waals surface area contributed by atoms with Crippen LogP contribution in [0.3, 0.4) is 0 Å². The van der Waals surface area contributed by atoms with E-state index in [1.807, 2.05) is 0 Å². The average molecular weight is 482 g/mol. The summed E-state index contributed by atoms with van der Waals surface area (Å²) in [6.07, 6.45) is -1.37. The Morgan fingerprint density at radius 1 is 1.09 bits per heavy atom. The van der Waals surface area contributed by atoms with Crippen molar-refractivity contribution in [3.05, 3.63) is 53.1 Å². The number of aliphatic hydroxyl groups is 2. The molecule has 5 aliphatic rings. The summed E-state index contributed by atoms with van der Waals surface area (Å²) in [5, 5.41) is 52.0. The van der Waals surface area contributed by atoms with Crippen LogP contribution in [0.25, 0.3) is 0 Å². The van der Waals surface area contributed by atoms with Gasteiger partial charge >= 0.3 is 0 Å². The highest BCUT2D eigenvalue weighted by Gasteiger charge is 2.69. The largest absolute Gasteiger partial charge is 0.508 e. The highest BCUT2D eigenvalue weighted by molar-refractivity contribution is 6.06. The van der Waals surface area contributed by atoms with Crippen LogP contribution in [0.15, 0.2) is 42.0 Å². The Kier molecular flexibility index (Phi) is 4.51. The molecule has 10 nitrogen and oxygen atoms in total. The van der Waals surface area contributed by atoms with Crippen molar-refractivity contribution in [1.82, 2.24) is 0 Å². The van der Waals surface area contributed by atoms with E-state index in [4.69, 9.17) is 14.2 Å². The first kappa shape index (κ1) is 21.9. The van der Waals surface area contributed by atoms with Crippen molar-refractivity contribution in [2.75, 3.05) is 13.7 Å². The van der Waals surface area contributed by atoms with E-state index in [1.54, 1.807) is 18.2 Å². The third kappa shape index (κ3) is 2.81. The zero-order valence-electron chi connectivity index (χ0n) is 18.4. The fraction of sp³-hybridized carbons (Fsp3) is 0.360. The number of hydrogen-bond donors (Lipinski definition) is 5. The number of aromatic hydroxyl groups is 3. The first-order valence-electron chi connectivity index (χ1n) is 11.1. The Morgan fingerprint density at radius 3 is 2.60 bits per heavy atom. The van der Waals surface area contributed by atoms with Crippen LogP contribution in [0.4, 0.5) is 0 Å². The van der Waals surface area contributed by atoms with E-state index in [-0.39, 0.29) is 35.2 Å². The molecule has 0 amide bonds. The van der Waals surface area contributed by atoms with Crippen molar-refractivity contribution in [2.45, 2.75) is 23.9 Å². The van der Waals surface area contributed by atoms with Gasteiger partial charge in [0.1, 0.15) is 22.8 Å². The Bertz CT molecular complexity index is 1320. The summed E-state index contributed by atoms with van der Waals surface area (Å²) < 4.78 is 16.7. The van der Waals surface area contributed by atoms with Crippen LogP contribution in [-0.2, 0) is 9.53 Å². The van der Waals surface area contributed by atoms with Crippen molar-refractivity contribution in [2.24, 2.45) is 17.8 Å². The molecule has 4 bridgehead atoms. The van der Waals surface area contributed by atoms with Crippen molar-refractivity contribution >= 4 is 11.6 Å². The maximum Gasteiger partial charge on any atom is 0.234 e. The summed E-state index contributed by atoms with van der Waals surface area (Å²) in [7, 11) is 1.42. The molecule has 35 heavy (non-hydrogen) atoms. The maximum absolute atomic E-state index is 13.3. The molecule has 0 aromatic heterocycles. The SMILES string of the molecule is COc1cc([C@@H]2[C@H]3CO[C@@]4(O)C(=O)[C@H]2C=C([C@H]2Oc5cc(O)cc(O)c5C(=O)[C@@H]2O)[C@@H]34)ccc1O. The molecule has 7 rings (SSSR count). The molecule has 2 aromatic rings. The molecule has 2 aliphatic heterocycles. The van der Waals surface area contributed by atoms with Gasteiger partial charge in [-0.3, -0.25) is 9.59 Å². The number of allylic oxidation sites excluding steroid dienone is 1. The van der Waals surface area contributed by atoms with Gasteiger partial charge in [-0.15, -0.1) is 0 Å². The molecule has 1 saturated heterocycles. The van der Waals surface area contributed by atoms with Gasteiger partial charge in [0.2, 0.25) is 11.6 Å². The number of ketones is 2. The number of ether oxygens (including phenoxy) is 3. The van der Waals surface area contributed by atoms with Crippen LogP contribution in [-0.4, -0.2) is 68.8 Å². The van der Waals surface area contributed by atoms with E-state index in [1.165, 1.54) is 13.2 Å². The summed E-state index contributed by atoms with van der Waals surface area (Å²) in [5.41, 5.74) is 0.796. The molecule has 2 fully saturated rings. The molecule has 0 spiro atoms. The van der Waals surface area contributed by atoms with E-state index in [2.05, 4.69) is 0 Å². The van der Waals surface area contributed by atoms with Crippen molar-refractivity contribution in [1.29, 1.82) is 0 Å². The smallest absolute Gasteiger partial charge is 0.234 e. The molecule has 182 valence electrons. The summed E-state index contributed by atoms with van der Waals surface area (Å²) in [4.78, 5) is 26.2. The predicted octanol–water partition coefficient (Wildman–Crippen LogP) is 0.990. The van der Waals surface area contributed by atoms with Gasteiger partial charge in [-0.1, -0.05) is 12.1 Å². The molecule has 2 aromatic carbocycles. The molecular formula is C25H22O10. The fourth-order valence-corrected chi connectivity index (χ4v) is 6.16. The number of fused-ring (bicyclic) bond motifs is 1. The fourth-order valence-electron chi connectivity index (χ4n) is 6.16. The molecule has 0 unspecified atom stereocenters. The third-order valence-corrected chi connectivity index (χ3v) is 7.62. The van der Waals surface area contributed by atoms with E-state index < -0.39 is 59.0 Å². The lowest BCUT2D eigenvalue weighted by Crippen LogP contribution is -2.60. The molecule has 0 radical (unpaired) electrons. The lowest BCUT2D eigenvalue weighted by molar-refractivity contribution is -0.206. The van der Waals surface area contributed by atoms with Gasteiger partial charge < -0.3 is 39.7 Å². The first-order valence-corrected chi connectivity index (χ1v) is 11.1. The van der Waals surface area contributed by atoms with Crippen LogP contribution < -0.4 is 9.47 Å². The minimum absolute atomic E-state index is 0.0452. The summed E-state index contributed by atoms with van der Waals surface area (Å²) in [6.45, 7) is 0.0452. The van der Waals surface area contributed by atoms with Crippen molar-refractivity contribution < 1.29 is 49.3 Å². The normalized spacial score (nSPS) is 34.9. The topological polar surface area (TPSA) is 163 Å². The number of Topliss-reactive ketones (excluding diaryl/α,β-unsaturated/α-hetero) is 2. The first-order chi connectivity index (χ1) is 16.7. The average Bonchev–Trinajstić information content (AvgIpc) is 3.14. The Morgan fingerprint density at radius 2 is 1.86 bits per heavy atom. The molecule has 5 N–H and O–H groups in total. The number of carbonyl (C=O) groups excluding carboxylic acids is 2. The number of methoxy groups -OCH3 is 1. The van der Waals surface area contributed by atoms with Crippen LogP contribution in [0, 0.1) is 17.8 Å². The lowest BCUT2D eigenvalue weighted by Gasteiger charge is -2.50. The van der Waals surface area contributed by atoms with E-state index >= 15 is 0 Å². The molecule has 2 heterocycles. The summed E-state index contributed by atoms with van der Waals surface area (Å²) in [6, 6.07) is 6.91. The van der Waals surface area contributed by atoms with Gasteiger partial charge in [-0.25, -0.2) is 0 Å². The van der Waals surface area contributed by atoms with Crippen molar-refractivity contribution in [3.8, 4) is 28.7 Å². The summed E-state index contributed by atoms with van der Waals surface area (Å²) >= 11 is 0. The minimum atomic E-state index is -2.13. The van der Waals surface area contributed by atoms with Gasteiger partial charge in [0, 0.05) is 29.9 Å². The Balaban J connectivity index is 1.46. The zero-order valence-corrected chi connectivity index (χ0v) is 18.4. The number of hydrogen-bond acceptors (Lipinski definition) is 10. The quantitative estimate of drug-likeness (QED) is 0.399. The number of carbonyl (C=O) groups is 2. The van der Waals surface area contributed by atoms with Crippen LogP contribution >= 0.6 is 0 Å². The van der Waals surface area contributed by atoms with Crippen molar-refractivity contribution in [3.63, 3.8) is 0 Å². The molecule has 7 atom stereocenters. The molecule has 10 heteroatoms. The van der Waals surface area contributed by atoms with Gasteiger partial charge in [0.25, 0.3) is 0 Å². The highest BCUT2D eigenvalue weighted by atomic mass is 16.6. The van der Waals surface area contributed by atoms with Crippen LogP contribution in [0.5, 0.6) is 28.7 Å². The van der Waals surface area contributed by atoms with Crippen LogP contribution in [0.2, 0.25) is 0 Å². The van der Waals surface area contributed by atoms with Gasteiger partial charge in [-0.2, -0.15) is 0 Å². The second-order valence-corrected chi connectivity index (χ2v) is 9.35. The van der Waals surface area contributed by atoms with Gasteiger partial charge in [0.15, 0.2) is 29.5 Å².